The summed E-state index contributed by atoms with van der Waals surface area (Å²) < 4.78 is 39.9. The number of sulfonamides is 1. The lowest BCUT2D eigenvalue weighted by atomic mass is 10.0. The Kier molecular flexibility index (Phi) is 5.70. The number of halogens is 1. The first-order chi connectivity index (χ1) is 12.5. The molecule has 0 unspecified atom stereocenters. The van der Waals surface area contributed by atoms with Gasteiger partial charge in [0.2, 0.25) is 10.0 Å². The zero-order chi connectivity index (χ0) is 18.6. The van der Waals surface area contributed by atoms with Crippen LogP contribution in [0.5, 0.6) is 0 Å². The summed E-state index contributed by atoms with van der Waals surface area (Å²) in [6.45, 7) is 3.57. The van der Waals surface area contributed by atoms with E-state index in [4.69, 9.17) is 0 Å². The summed E-state index contributed by atoms with van der Waals surface area (Å²) in [6.07, 6.45) is 3.88. The van der Waals surface area contributed by atoms with Crippen molar-refractivity contribution >= 4 is 21.5 Å². The Labute approximate surface area is 153 Å². The quantitative estimate of drug-likeness (QED) is 0.834. The van der Waals surface area contributed by atoms with Crippen molar-refractivity contribution in [1.29, 1.82) is 0 Å². The number of anilines is 2. The molecule has 1 fully saturated rings. The van der Waals surface area contributed by atoms with E-state index in [9.17, 15) is 12.8 Å². The molecule has 0 radical (unpaired) electrons. The largest absolute Gasteiger partial charge is 0.371 e. The molecule has 1 aromatic heterocycles. The van der Waals surface area contributed by atoms with E-state index >= 15 is 0 Å². The summed E-state index contributed by atoms with van der Waals surface area (Å²) in [7, 11) is -3.40. The van der Waals surface area contributed by atoms with Gasteiger partial charge in [-0.3, -0.25) is 4.72 Å². The second-order valence-electron chi connectivity index (χ2n) is 6.43. The van der Waals surface area contributed by atoms with E-state index in [1.165, 1.54) is 18.6 Å². The van der Waals surface area contributed by atoms with Crippen LogP contribution in [0.1, 0.15) is 32.6 Å². The lowest BCUT2D eigenvalue weighted by Gasteiger charge is -2.30. The molecule has 1 N–H and O–H groups in total. The first kappa shape index (κ1) is 18.6. The molecule has 2 heterocycles. The number of rotatable bonds is 6. The smallest absolute Gasteiger partial charge is 0.233 e. The van der Waals surface area contributed by atoms with Crippen LogP contribution in [-0.4, -0.2) is 37.5 Å². The summed E-state index contributed by atoms with van der Waals surface area (Å²) >= 11 is 0. The maximum atomic E-state index is 13.8. The molecular formula is C18H23FN4O2S. The molecule has 1 aromatic carbocycles. The molecule has 8 heteroatoms. The highest BCUT2D eigenvalue weighted by atomic mass is 32.2. The SMILES string of the molecule is CCCS(=O)(=O)Nc1ccc(-c2ccc(F)cc2N2CCCCC2)nn1. The molecular weight excluding hydrogens is 355 g/mol. The zero-order valence-electron chi connectivity index (χ0n) is 14.8. The molecule has 6 nitrogen and oxygen atoms in total. The lowest BCUT2D eigenvalue weighted by Crippen LogP contribution is -2.30. The van der Waals surface area contributed by atoms with E-state index in [-0.39, 0.29) is 17.4 Å². The van der Waals surface area contributed by atoms with Crippen molar-refractivity contribution in [3.8, 4) is 11.3 Å². The van der Waals surface area contributed by atoms with Gasteiger partial charge in [0.25, 0.3) is 0 Å². The molecule has 0 atom stereocenters. The first-order valence-electron chi connectivity index (χ1n) is 8.87. The molecule has 1 aliphatic heterocycles. The minimum atomic E-state index is -3.40. The number of hydrogen-bond acceptors (Lipinski definition) is 5. The molecule has 0 amide bonds. The van der Waals surface area contributed by atoms with Crippen molar-refractivity contribution in [2.45, 2.75) is 32.6 Å². The van der Waals surface area contributed by atoms with E-state index in [1.807, 2.05) is 0 Å². The highest BCUT2D eigenvalue weighted by molar-refractivity contribution is 7.92. The number of benzene rings is 1. The van der Waals surface area contributed by atoms with Crippen molar-refractivity contribution < 1.29 is 12.8 Å². The molecule has 0 aliphatic carbocycles. The molecule has 26 heavy (non-hydrogen) atoms. The van der Waals surface area contributed by atoms with Crippen LogP contribution in [0.3, 0.4) is 0 Å². The van der Waals surface area contributed by atoms with Gasteiger partial charge in [-0.2, -0.15) is 0 Å². The lowest BCUT2D eigenvalue weighted by molar-refractivity contribution is 0.574. The predicted octanol–water partition coefficient (Wildman–Crippen LogP) is 3.42. The standard InChI is InChI=1S/C18H23FN4O2S/c1-2-12-26(24,25)22-18-9-8-16(20-21-18)15-7-6-14(19)13-17(15)23-10-4-3-5-11-23/h6-9,13H,2-5,10-12H2,1H3,(H,21,22). The molecule has 1 aliphatic rings. The summed E-state index contributed by atoms with van der Waals surface area (Å²) in [5, 5.41) is 8.13. The Morgan fingerprint density at radius 2 is 1.88 bits per heavy atom. The Balaban J connectivity index is 1.87. The van der Waals surface area contributed by atoms with Gasteiger partial charge in [0.1, 0.15) is 5.82 Å². The van der Waals surface area contributed by atoms with Crippen LogP contribution in [0.15, 0.2) is 30.3 Å². The average Bonchev–Trinajstić information content (AvgIpc) is 2.63. The molecule has 2 aromatic rings. The number of hydrogen-bond donors (Lipinski definition) is 1. The third-order valence-corrected chi connectivity index (χ3v) is 5.80. The molecule has 0 spiro atoms. The third kappa shape index (κ3) is 4.49. The second-order valence-corrected chi connectivity index (χ2v) is 8.28. The average molecular weight is 378 g/mol. The summed E-state index contributed by atoms with van der Waals surface area (Å²) in [4.78, 5) is 2.17. The van der Waals surface area contributed by atoms with E-state index in [1.54, 1.807) is 25.1 Å². The van der Waals surface area contributed by atoms with Gasteiger partial charge >= 0.3 is 0 Å². The van der Waals surface area contributed by atoms with Crippen molar-refractivity contribution in [3.63, 3.8) is 0 Å². The van der Waals surface area contributed by atoms with Gasteiger partial charge < -0.3 is 4.90 Å². The highest BCUT2D eigenvalue weighted by Crippen LogP contribution is 2.32. The van der Waals surface area contributed by atoms with Crippen LogP contribution >= 0.6 is 0 Å². The maximum Gasteiger partial charge on any atom is 0.233 e. The minimum absolute atomic E-state index is 0.0352. The van der Waals surface area contributed by atoms with Gasteiger partial charge in [0.05, 0.1) is 11.4 Å². The predicted molar refractivity (Wildman–Crippen MR) is 101 cm³/mol. The topological polar surface area (TPSA) is 75.2 Å². The molecule has 0 bridgehead atoms. The Morgan fingerprint density at radius 1 is 1.12 bits per heavy atom. The summed E-state index contributed by atoms with van der Waals surface area (Å²) in [5.41, 5.74) is 2.19. The Bertz CT molecular complexity index is 850. The van der Waals surface area contributed by atoms with Gasteiger partial charge in [0, 0.05) is 24.3 Å². The van der Waals surface area contributed by atoms with Gasteiger partial charge in [-0.15, -0.1) is 10.2 Å². The van der Waals surface area contributed by atoms with E-state index in [2.05, 4.69) is 19.8 Å². The fourth-order valence-electron chi connectivity index (χ4n) is 3.13. The normalized spacial score (nSPS) is 15.1. The van der Waals surface area contributed by atoms with E-state index in [0.717, 1.165) is 37.2 Å². The zero-order valence-corrected chi connectivity index (χ0v) is 15.6. The number of aromatic nitrogens is 2. The number of piperidine rings is 1. The van der Waals surface area contributed by atoms with Crippen molar-refractivity contribution in [2.24, 2.45) is 0 Å². The molecule has 140 valence electrons. The van der Waals surface area contributed by atoms with Crippen LogP contribution in [0.2, 0.25) is 0 Å². The summed E-state index contributed by atoms with van der Waals surface area (Å²) in [6, 6.07) is 7.92. The van der Waals surface area contributed by atoms with Crippen LogP contribution < -0.4 is 9.62 Å². The van der Waals surface area contributed by atoms with E-state index in [0.29, 0.717) is 12.1 Å². The van der Waals surface area contributed by atoms with Crippen LogP contribution in [0, 0.1) is 5.82 Å². The second kappa shape index (κ2) is 7.99. The van der Waals surface area contributed by atoms with Gasteiger partial charge in [-0.1, -0.05) is 6.92 Å². The molecule has 3 rings (SSSR count). The van der Waals surface area contributed by atoms with Crippen molar-refractivity contribution in [2.75, 3.05) is 28.5 Å². The van der Waals surface area contributed by atoms with Crippen LogP contribution in [0.4, 0.5) is 15.9 Å². The number of nitrogens with one attached hydrogen (secondary N) is 1. The molecule has 1 saturated heterocycles. The van der Waals surface area contributed by atoms with Crippen LogP contribution in [0.25, 0.3) is 11.3 Å². The highest BCUT2D eigenvalue weighted by Gasteiger charge is 2.18. The van der Waals surface area contributed by atoms with E-state index < -0.39 is 10.0 Å². The van der Waals surface area contributed by atoms with Crippen LogP contribution in [-0.2, 0) is 10.0 Å². The monoisotopic (exact) mass is 378 g/mol. The number of nitrogens with zero attached hydrogens (tertiary/aromatic N) is 3. The van der Waals surface area contributed by atoms with Crippen molar-refractivity contribution in [3.05, 3.63) is 36.1 Å². The Hall–Kier alpha value is -2.22. The Morgan fingerprint density at radius 3 is 2.54 bits per heavy atom. The summed E-state index contributed by atoms with van der Waals surface area (Å²) in [5.74, 6) is -0.0666. The first-order valence-corrected chi connectivity index (χ1v) is 10.5. The van der Waals surface area contributed by atoms with Gasteiger partial charge in [-0.05, 0) is 56.0 Å². The minimum Gasteiger partial charge on any atom is -0.371 e. The fourth-order valence-corrected chi connectivity index (χ4v) is 4.19. The van der Waals surface area contributed by atoms with Crippen molar-refractivity contribution in [1.82, 2.24) is 10.2 Å². The maximum absolute atomic E-state index is 13.8. The van der Waals surface area contributed by atoms with Gasteiger partial charge in [0.15, 0.2) is 5.82 Å². The third-order valence-electron chi connectivity index (χ3n) is 4.33. The molecule has 0 saturated carbocycles. The van der Waals surface area contributed by atoms with Gasteiger partial charge in [-0.25, -0.2) is 12.8 Å². The fraction of sp³-hybridized carbons (Fsp3) is 0.444.